The molecule has 0 spiro atoms. The molecule has 1 fully saturated rings. The molecule has 0 aromatic heterocycles. The zero-order chi connectivity index (χ0) is 16.3. The number of amides is 1. The number of benzene rings is 1. The minimum atomic E-state index is -0.502. The average molecular weight is 327 g/mol. The summed E-state index contributed by atoms with van der Waals surface area (Å²) < 4.78 is 13.3. The van der Waals surface area contributed by atoms with Gasteiger partial charge in [-0.2, -0.15) is 0 Å². The van der Waals surface area contributed by atoms with E-state index in [1.54, 1.807) is 4.90 Å². The lowest BCUT2D eigenvalue weighted by atomic mass is 10.0. The Morgan fingerprint density at radius 2 is 2.00 bits per heavy atom. The molecule has 0 unspecified atom stereocenters. The third-order valence-corrected chi connectivity index (χ3v) is 4.69. The Bertz CT molecular complexity index is 529. The van der Waals surface area contributed by atoms with E-state index in [1.807, 2.05) is 7.05 Å². The van der Waals surface area contributed by atoms with Gasteiger partial charge >= 0.3 is 0 Å². The Morgan fingerprint density at radius 1 is 1.36 bits per heavy atom. The fraction of sp³-hybridized carbons (Fsp3) is 0.588. The van der Waals surface area contributed by atoms with Crippen LogP contribution in [0.3, 0.4) is 0 Å². The summed E-state index contributed by atoms with van der Waals surface area (Å²) >= 11 is 5.79. The first-order valence-corrected chi connectivity index (χ1v) is 8.22. The molecule has 1 aliphatic rings. The van der Waals surface area contributed by atoms with Gasteiger partial charge in [-0.15, -0.1) is 0 Å². The molecule has 1 saturated heterocycles. The normalized spacial score (nSPS) is 17.0. The molecule has 2 rings (SSSR count). The van der Waals surface area contributed by atoms with Gasteiger partial charge in [-0.25, -0.2) is 4.39 Å². The first-order chi connectivity index (χ1) is 10.4. The lowest BCUT2D eigenvalue weighted by molar-refractivity contribution is 0.0641. The van der Waals surface area contributed by atoms with Gasteiger partial charge in [0, 0.05) is 25.2 Å². The number of hydrogen-bond acceptors (Lipinski definition) is 2. The summed E-state index contributed by atoms with van der Waals surface area (Å²) in [7, 11) is 1.82. The number of rotatable bonds is 5. The Kier molecular flexibility index (Phi) is 5.81. The highest BCUT2D eigenvalue weighted by Gasteiger charge is 2.27. The van der Waals surface area contributed by atoms with Gasteiger partial charge in [0.25, 0.3) is 5.91 Å². The van der Waals surface area contributed by atoms with Crippen LogP contribution in [0.5, 0.6) is 0 Å². The van der Waals surface area contributed by atoms with Crippen LogP contribution < -0.4 is 0 Å². The van der Waals surface area contributed by atoms with Crippen molar-refractivity contribution in [2.45, 2.75) is 32.7 Å². The monoisotopic (exact) mass is 326 g/mol. The van der Waals surface area contributed by atoms with E-state index in [-0.39, 0.29) is 17.0 Å². The van der Waals surface area contributed by atoms with Crippen molar-refractivity contribution in [2.75, 3.05) is 26.7 Å². The van der Waals surface area contributed by atoms with Gasteiger partial charge in [0.2, 0.25) is 0 Å². The second-order valence-electron chi connectivity index (χ2n) is 6.36. The van der Waals surface area contributed by atoms with Gasteiger partial charge in [0.1, 0.15) is 5.82 Å². The maximum atomic E-state index is 13.3. The van der Waals surface area contributed by atoms with E-state index < -0.39 is 5.82 Å². The number of hydrogen-bond donors (Lipinski definition) is 0. The quantitative estimate of drug-likeness (QED) is 0.824. The van der Waals surface area contributed by atoms with E-state index in [0.29, 0.717) is 11.5 Å². The van der Waals surface area contributed by atoms with Crippen LogP contribution in [0.15, 0.2) is 18.2 Å². The molecule has 122 valence electrons. The molecule has 1 amide bonds. The van der Waals surface area contributed by atoms with Gasteiger partial charge in [-0.1, -0.05) is 25.4 Å². The van der Waals surface area contributed by atoms with E-state index in [0.717, 1.165) is 19.6 Å². The van der Waals surface area contributed by atoms with Crippen LogP contribution in [0.2, 0.25) is 5.02 Å². The van der Waals surface area contributed by atoms with Gasteiger partial charge in [0.05, 0.1) is 5.02 Å². The summed E-state index contributed by atoms with van der Waals surface area (Å²) in [4.78, 5) is 16.8. The van der Waals surface area contributed by atoms with Crippen molar-refractivity contribution >= 4 is 17.5 Å². The molecule has 0 saturated carbocycles. The molecule has 1 atom stereocenters. The van der Waals surface area contributed by atoms with Crippen LogP contribution in [0.1, 0.15) is 37.0 Å². The highest BCUT2D eigenvalue weighted by molar-refractivity contribution is 6.31. The molecule has 0 radical (unpaired) electrons. The molecule has 1 heterocycles. The van der Waals surface area contributed by atoms with Crippen molar-refractivity contribution in [3.8, 4) is 0 Å². The third-order valence-electron chi connectivity index (χ3n) is 4.40. The molecule has 1 aromatic carbocycles. The minimum absolute atomic E-state index is 0.0140. The second-order valence-corrected chi connectivity index (χ2v) is 6.77. The molecule has 1 aliphatic heterocycles. The van der Waals surface area contributed by atoms with Crippen LogP contribution >= 0.6 is 11.6 Å². The smallest absolute Gasteiger partial charge is 0.253 e. The third kappa shape index (κ3) is 3.99. The summed E-state index contributed by atoms with van der Waals surface area (Å²) in [5.74, 6) is -0.261. The van der Waals surface area contributed by atoms with E-state index in [9.17, 15) is 9.18 Å². The van der Waals surface area contributed by atoms with Gasteiger partial charge in [0.15, 0.2) is 0 Å². The van der Waals surface area contributed by atoms with E-state index in [1.165, 1.54) is 31.0 Å². The van der Waals surface area contributed by atoms with Crippen molar-refractivity contribution in [2.24, 2.45) is 5.92 Å². The summed E-state index contributed by atoms with van der Waals surface area (Å²) in [6, 6.07) is 4.28. The van der Waals surface area contributed by atoms with Gasteiger partial charge < -0.3 is 9.80 Å². The molecule has 0 bridgehead atoms. The molecular weight excluding hydrogens is 303 g/mol. The first-order valence-electron chi connectivity index (χ1n) is 7.84. The predicted octanol–water partition coefficient (Wildman–Crippen LogP) is 3.67. The number of carbonyl (C=O) groups is 1. The fourth-order valence-electron chi connectivity index (χ4n) is 2.99. The Morgan fingerprint density at radius 3 is 2.55 bits per heavy atom. The van der Waals surface area contributed by atoms with Crippen LogP contribution in [0.4, 0.5) is 4.39 Å². The van der Waals surface area contributed by atoms with E-state index >= 15 is 0 Å². The highest BCUT2D eigenvalue weighted by atomic mass is 35.5. The lowest BCUT2D eigenvalue weighted by Gasteiger charge is -2.34. The predicted molar refractivity (Wildman–Crippen MR) is 87.8 cm³/mol. The number of likely N-dealkylation sites (tertiary alicyclic amines) is 1. The largest absolute Gasteiger partial charge is 0.337 e. The number of likely N-dealkylation sites (N-methyl/N-ethyl adjacent to an activating group) is 1. The summed E-state index contributed by atoms with van der Waals surface area (Å²) in [6.45, 7) is 7.35. The minimum Gasteiger partial charge on any atom is -0.337 e. The maximum absolute atomic E-state index is 13.3. The number of halogens is 2. The van der Waals surface area contributed by atoms with Crippen LogP contribution in [-0.4, -0.2) is 48.4 Å². The van der Waals surface area contributed by atoms with Crippen molar-refractivity contribution in [3.05, 3.63) is 34.6 Å². The number of carbonyl (C=O) groups excluding carboxylic acids is 1. The standard InChI is InChI=1S/C17H24ClFN2O/c1-12(2)16(11-21-8-4-5-9-21)20(3)17(22)13-6-7-15(19)14(18)10-13/h6-7,10,12,16H,4-5,8-9,11H2,1-3H3/t16-/m0/s1. The molecule has 5 heteroatoms. The zero-order valence-corrected chi connectivity index (χ0v) is 14.2. The van der Waals surface area contributed by atoms with Crippen molar-refractivity contribution in [1.29, 1.82) is 0 Å². The Labute approximate surface area is 137 Å². The summed E-state index contributed by atoms with van der Waals surface area (Å²) in [5.41, 5.74) is 0.431. The lowest BCUT2D eigenvalue weighted by Crippen LogP contribution is -2.47. The molecule has 3 nitrogen and oxygen atoms in total. The first kappa shape index (κ1) is 17.2. The average Bonchev–Trinajstić information content (AvgIpc) is 2.99. The maximum Gasteiger partial charge on any atom is 0.253 e. The molecule has 1 aromatic rings. The summed E-state index contributed by atoms with van der Waals surface area (Å²) in [5, 5.41) is -0.0140. The van der Waals surface area contributed by atoms with Crippen molar-refractivity contribution in [3.63, 3.8) is 0 Å². The van der Waals surface area contributed by atoms with E-state index in [2.05, 4.69) is 18.7 Å². The van der Waals surface area contributed by atoms with Gasteiger partial charge in [-0.05, 0) is 50.0 Å². The van der Waals surface area contributed by atoms with Crippen LogP contribution in [0, 0.1) is 11.7 Å². The van der Waals surface area contributed by atoms with E-state index in [4.69, 9.17) is 11.6 Å². The molecule has 22 heavy (non-hydrogen) atoms. The van der Waals surface area contributed by atoms with Crippen molar-refractivity contribution < 1.29 is 9.18 Å². The SMILES string of the molecule is CC(C)[C@H](CN1CCCC1)N(C)C(=O)c1ccc(F)c(Cl)c1. The molecule has 0 aliphatic carbocycles. The Hall–Kier alpha value is -1.13. The second kappa shape index (κ2) is 7.42. The van der Waals surface area contributed by atoms with Crippen molar-refractivity contribution in [1.82, 2.24) is 9.80 Å². The molecule has 0 N–H and O–H groups in total. The zero-order valence-electron chi connectivity index (χ0n) is 13.5. The van der Waals surface area contributed by atoms with Gasteiger partial charge in [-0.3, -0.25) is 4.79 Å². The molecular formula is C17H24ClFN2O. The summed E-state index contributed by atoms with van der Waals surface area (Å²) in [6.07, 6.45) is 2.46. The van der Waals surface area contributed by atoms with Crippen LogP contribution in [0.25, 0.3) is 0 Å². The highest BCUT2D eigenvalue weighted by Crippen LogP contribution is 2.20. The Balaban J connectivity index is 2.12. The number of nitrogens with zero attached hydrogens (tertiary/aromatic N) is 2. The topological polar surface area (TPSA) is 23.6 Å². The van der Waals surface area contributed by atoms with Crippen LogP contribution in [-0.2, 0) is 0 Å². The fourth-order valence-corrected chi connectivity index (χ4v) is 3.17.